The van der Waals surface area contributed by atoms with Gasteiger partial charge in [0.15, 0.2) is 0 Å². The van der Waals surface area contributed by atoms with Crippen molar-refractivity contribution in [1.82, 2.24) is 4.57 Å². The molecule has 0 unspecified atom stereocenters. The molecule has 1 aromatic heterocycles. The minimum absolute atomic E-state index is 0.193. The topological polar surface area (TPSA) is 72.4 Å². The van der Waals surface area contributed by atoms with Crippen molar-refractivity contribution >= 4 is 23.4 Å². The van der Waals surface area contributed by atoms with E-state index < -0.39 is 6.09 Å². The predicted octanol–water partition coefficient (Wildman–Crippen LogP) is 4.36. The molecule has 138 valence electrons. The third-order valence-electron chi connectivity index (χ3n) is 3.92. The molecule has 1 heterocycles. The Morgan fingerprint density at radius 2 is 1.56 bits per heavy atom. The zero-order chi connectivity index (χ0) is 19.1. The molecule has 0 aliphatic heterocycles. The first kappa shape index (κ1) is 18.3. The zero-order valence-corrected chi connectivity index (χ0v) is 15.0. The number of hydrogen-bond donors (Lipinski definition) is 2. The van der Waals surface area contributed by atoms with Crippen LogP contribution in [0.25, 0.3) is 0 Å². The van der Waals surface area contributed by atoms with E-state index in [0.29, 0.717) is 30.2 Å². The van der Waals surface area contributed by atoms with Gasteiger partial charge in [-0.1, -0.05) is 30.3 Å². The molecule has 0 spiro atoms. The number of nitrogens with zero attached hydrogens (tertiary/aromatic N) is 1. The van der Waals surface area contributed by atoms with Gasteiger partial charge in [0.2, 0.25) is 0 Å². The maximum absolute atomic E-state index is 12.6. The Balaban J connectivity index is 1.64. The SMILES string of the molecule is CCOC(=O)Nc1ccc(NC(=O)c2cccn2Cc2ccccc2)cc1. The fourth-order valence-electron chi connectivity index (χ4n) is 2.66. The Kier molecular flexibility index (Phi) is 5.89. The molecule has 3 aromatic rings. The van der Waals surface area contributed by atoms with E-state index in [1.165, 1.54) is 0 Å². The Labute approximate surface area is 157 Å². The molecular weight excluding hydrogens is 342 g/mol. The van der Waals surface area contributed by atoms with Crippen molar-refractivity contribution in [1.29, 1.82) is 0 Å². The van der Waals surface area contributed by atoms with Crippen molar-refractivity contribution in [2.24, 2.45) is 0 Å². The molecule has 0 bridgehead atoms. The number of anilines is 2. The lowest BCUT2D eigenvalue weighted by Crippen LogP contribution is -2.17. The fourth-order valence-corrected chi connectivity index (χ4v) is 2.66. The van der Waals surface area contributed by atoms with Crippen LogP contribution in [0.3, 0.4) is 0 Å². The second-order valence-electron chi connectivity index (χ2n) is 5.88. The van der Waals surface area contributed by atoms with Gasteiger partial charge in [-0.05, 0) is 48.9 Å². The van der Waals surface area contributed by atoms with E-state index in [9.17, 15) is 9.59 Å². The molecule has 0 aliphatic rings. The van der Waals surface area contributed by atoms with E-state index in [4.69, 9.17) is 4.74 Å². The molecular formula is C21H21N3O3. The van der Waals surface area contributed by atoms with Gasteiger partial charge in [0, 0.05) is 24.1 Å². The van der Waals surface area contributed by atoms with E-state index >= 15 is 0 Å². The van der Waals surface area contributed by atoms with Gasteiger partial charge in [-0.25, -0.2) is 4.79 Å². The molecule has 3 rings (SSSR count). The van der Waals surface area contributed by atoms with Crippen molar-refractivity contribution < 1.29 is 14.3 Å². The molecule has 0 atom stereocenters. The number of hydrogen-bond acceptors (Lipinski definition) is 3. The molecule has 0 saturated carbocycles. The average Bonchev–Trinajstić information content (AvgIpc) is 3.12. The van der Waals surface area contributed by atoms with Crippen LogP contribution in [0.4, 0.5) is 16.2 Å². The first-order valence-electron chi connectivity index (χ1n) is 8.70. The summed E-state index contributed by atoms with van der Waals surface area (Å²) < 4.78 is 6.73. The summed E-state index contributed by atoms with van der Waals surface area (Å²) in [6.45, 7) is 2.67. The summed E-state index contributed by atoms with van der Waals surface area (Å²) in [5, 5.41) is 5.48. The maximum Gasteiger partial charge on any atom is 0.411 e. The molecule has 6 heteroatoms. The molecule has 27 heavy (non-hydrogen) atoms. The van der Waals surface area contributed by atoms with Crippen molar-refractivity contribution in [3.8, 4) is 0 Å². The first-order chi connectivity index (χ1) is 13.2. The number of ether oxygens (including phenoxy) is 1. The van der Waals surface area contributed by atoms with Crippen LogP contribution in [0.2, 0.25) is 0 Å². The number of benzene rings is 2. The lowest BCUT2D eigenvalue weighted by Gasteiger charge is -2.11. The number of aromatic nitrogens is 1. The number of rotatable bonds is 6. The summed E-state index contributed by atoms with van der Waals surface area (Å²) in [5.74, 6) is -0.193. The lowest BCUT2D eigenvalue weighted by molar-refractivity contribution is 0.101. The van der Waals surface area contributed by atoms with Gasteiger partial charge in [-0.3, -0.25) is 10.1 Å². The molecule has 0 fully saturated rings. The Hall–Kier alpha value is -3.54. The molecule has 2 aromatic carbocycles. The van der Waals surface area contributed by atoms with Gasteiger partial charge in [-0.2, -0.15) is 0 Å². The third-order valence-corrected chi connectivity index (χ3v) is 3.92. The van der Waals surface area contributed by atoms with E-state index in [-0.39, 0.29) is 5.91 Å². The Morgan fingerprint density at radius 1 is 0.889 bits per heavy atom. The van der Waals surface area contributed by atoms with Crippen LogP contribution >= 0.6 is 0 Å². The van der Waals surface area contributed by atoms with Crippen molar-refractivity contribution in [3.05, 3.63) is 84.2 Å². The average molecular weight is 363 g/mol. The van der Waals surface area contributed by atoms with E-state index in [2.05, 4.69) is 10.6 Å². The molecule has 2 N–H and O–H groups in total. The van der Waals surface area contributed by atoms with Gasteiger partial charge >= 0.3 is 6.09 Å². The number of amides is 2. The van der Waals surface area contributed by atoms with Crippen LogP contribution < -0.4 is 10.6 Å². The van der Waals surface area contributed by atoms with Crippen molar-refractivity contribution in [3.63, 3.8) is 0 Å². The highest BCUT2D eigenvalue weighted by Crippen LogP contribution is 2.16. The van der Waals surface area contributed by atoms with Gasteiger partial charge in [0.05, 0.1) is 6.61 Å². The van der Waals surface area contributed by atoms with Crippen LogP contribution in [0.5, 0.6) is 0 Å². The first-order valence-corrected chi connectivity index (χ1v) is 8.70. The van der Waals surface area contributed by atoms with Gasteiger partial charge in [-0.15, -0.1) is 0 Å². The highest BCUT2D eigenvalue weighted by atomic mass is 16.5. The quantitative estimate of drug-likeness (QED) is 0.683. The number of carbonyl (C=O) groups excluding carboxylic acids is 2. The van der Waals surface area contributed by atoms with Crippen molar-refractivity contribution in [2.75, 3.05) is 17.2 Å². The van der Waals surface area contributed by atoms with Crippen LogP contribution in [-0.4, -0.2) is 23.2 Å². The summed E-state index contributed by atoms with van der Waals surface area (Å²) in [7, 11) is 0. The summed E-state index contributed by atoms with van der Waals surface area (Å²) in [4.78, 5) is 24.0. The summed E-state index contributed by atoms with van der Waals surface area (Å²) in [6.07, 6.45) is 1.38. The molecule has 6 nitrogen and oxygen atoms in total. The Bertz CT molecular complexity index is 902. The van der Waals surface area contributed by atoms with Gasteiger partial charge in [0.1, 0.15) is 5.69 Å². The van der Waals surface area contributed by atoms with Gasteiger partial charge < -0.3 is 14.6 Å². The molecule has 0 saturated heterocycles. The molecule has 0 aliphatic carbocycles. The maximum atomic E-state index is 12.6. The van der Waals surface area contributed by atoms with Crippen LogP contribution in [0.15, 0.2) is 72.9 Å². The normalized spacial score (nSPS) is 10.3. The smallest absolute Gasteiger partial charge is 0.411 e. The minimum atomic E-state index is -0.506. The highest BCUT2D eigenvalue weighted by molar-refractivity contribution is 6.03. The lowest BCUT2D eigenvalue weighted by atomic mass is 10.2. The largest absolute Gasteiger partial charge is 0.450 e. The van der Waals surface area contributed by atoms with Crippen LogP contribution in [-0.2, 0) is 11.3 Å². The number of carbonyl (C=O) groups is 2. The molecule has 0 radical (unpaired) electrons. The summed E-state index contributed by atoms with van der Waals surface area (Å²) in [5.41, 5.74) is 2.94. The van der Waals surface area contributed by atoms with E-state index in [0.717, 1.165) is 5.56 Å². The standard InChI is InChI=1S/C21H21N3O3/c1-2-27-21(26)23-18-12-10-17(11-13-18)22-20(25)19-9-6-14-24(19)15-16-7-4-3-5-8-16/h3-14H,2,15H2,1H3,(H,22,25)(H,23,26). The third kappa shape index (κ3) is 4.98. The summed E-state index contributed by atoms with van der Waals surface area (Å²) >= 11 is 0. The van der Waals surface area contributed by atoms with Crippen LogP contribution in [0, 0.1) is 0 Å². The fraction of sp³-hybridized carbons (Fsp3) is 0.143. The molecule has 2 amide bonds. The zero-order valence-electron chi connectivity index (χ0n) is 15.0. The Morgan fingerprint density at radius 3 is 2.22 bits per heavy atom. The van der Waals surface area contributed by atoms with Crippen LogP contribution in [0.1, 0.15) is 23.0 Å². The highest BCUT2D eigenvalue weighted by Gasteiger charge is 2.11. The van der Waals surface area contributed by atoms with E-state index in [1.807, 2.05) is 47.2 Å². The second-order valence-corrected chi connectivity index (χ2v) is 5.88. The predicted molar refractivity (Wildman–Crippen MR) is 105 cm³/mol. The number of nitrogens with one attached hydrogen (secondary N) is 2. The second kappa shape index (κ2) is 8.71. The van der Waals surface area contributed by atoms with Gasteiger partial charge in [0.25, 0.3) is 5.91 Å². The summed E-state index contributed by atoms with van der Waals surface area (Å²) in [6, 6.07) is 20.5. The minimum Gasteiger partial charge on any atom is -0.450 e. The van der Waals surface area contributed by atoms with E-state index in [1.54, 1.807) is 37.3 Å². The van der Waals surface area contributed by atoms with Crippen molar-refractivity contribution in [2.45, 2.75) is 13.5 Å². The monoisotopic (exact) mass is 363 g/mol.